The first-order valence-electron chi connectivity index (χ1n) is 7.05. The lowest BCUT2D eigenvalue weighted by Crippen LogP contribution is -2.29. The van der Waals surface area contributed by atoms with Crippen molar-refractivity contribution in [2.24, 2.45) is 7.05 Å². The molecule has 2 N–H and O–H groups in total. The molecule has 2 aromatic rings. The summed E-state index contributed by atoms with van der Waals surface area (Å²) < 4.78 is 44.1. The number of hydrogen-bond donors (Lipinski definition) is 2. The Morgan fingerprint density at radius 3 is 2.54 bits per heavy atom. The van der Waals surface area contributed by atoms with Crippen LogP contribution in [-0.4, -0.2) is 29.1 Å². The van der Waals surface area contributed by atoms with E-state index < -0.39 is 18.6 Å². The number of rotatable bonds is 5. The van der Waals surface area contributed by atoms with Gasteiger partial charge in [-0.2, -0.15) is 18.3 Å². The smallest absolute Gasteiger partial charge is 0.393 e. The average Bonchev–Trinajstić information content (AvgIpc) is 2.84. The Kier molecular flexibility index (Phi) is 5.32. The highest BCUT2D eigenvalue weighted by molar-refractivity contribution is 5.88. The van der Waals surface area contributed by atoms with Crippen molar-refractivity contribution >= 4 is 11.8 Å². The standard InChI is InChI=1S/C15H17F3N4O2/c1-22-13(24-2)7-12(21-22)20-14(23)19-9-11-6-4-3-5-10(11)8-15(16,17)18/h3-7H,8-9H2,1-2H3,(H2,19,20,21,23). The lowest BCUT2D eigenvalue weighted by molar-refractivity contribution is -0.127. The van der Waals surface area contributed by atoms with E-state index in [1.807, 2.05) is 0 Å². The van der Waals surface area contributed by atoms with Crippen molar-refractivity contribution in [2.45, 2.75) is 19.1 Å². The number of nitrogens with zero attached hydrogens (tertiary/aromatic N) is 2. The summed E-state index contributed by atoms with van der Waals surface area (Å²) >= 11 is 0. The first-order chi connectivity index (χ1) is 11.3. The molecular formula is C15H17F3N4O2. The Morgan fingerprint density at radius 1 is 1.29 bits per heavy atom. The van der Waals surface area contributed by atoms with Crippen LogP contribution in [0, 0.1) is 0 Å². The van der Waals surface area contributed by atoms with Gasteiger partial charge in [-0.3, -0.25) is 5.32 Å². The monoisotopic (exact) mass is 342 g/mol. The van der Waals surface area contributed by atoms with Gasteiger partial charge in [-0.1, -0.05) is 24.3 Å². The van der Waals surface area contributed by atoms with Crippen LogP contribution in [0.3, 0.4) is 0 Å². The van der Waals surface area contributed by atoms with Gasteiger partial charge >= 0.3 is 12.2 Å². The number of amides is 2. The van der Waals surface area contributed by atoms with Gasteiger partial charge in [0.25, 0.3) is 0 Å². The number of aromatic nitrogens is 2. The van der Waals surface area contributed by atoms with Crippen molar-refractivity contribution in [1.29, 1.82) is 0 Å². The second kappa shape index (κ2) is 7.24. The molecule has 0 radical (unpaired) electrons. The summed E-state index contributed by atoms with van der Waals surface area (Å²) in [6.45, 7) is -0.0257. The van der Waals surface area contributed by atoms with Crippen LogP contribution < -0.4 is 15.4 Å². The van der Waals surface area contributed by atoms with Crippen molar-refractivity contribution in [1.82, 2.24) is 15.1 Å². The number of halogens is 3. The summed E-state index contributed by atoms with van der Waals surface area (Å²) in [5.41, 5.74) is 0.536. The third-order valence-electron chi connectivity index (χ3n) is 3.24. The second-order valence-electron chi connectivity index (χ2n) is 5.06. The number of anilines is 1. The SMILES string of the molecule is COc1cc(NC(=O)NCc2ccccc2CC(F)(F)F)nn1C. The van der Waals surface area contributed by atoms with E-state index in [4.69, 9.17) is 4.74 Å². The van der Waals surface area contributed by atoms with E-state index in [9.17, 15) is 18.0 Å². The minimum atomic E-state index is -4.30. The molecule has 6 nitrogen and oxygen atoms in total. The second-order valence-corrected chi connectivity index (χ2v) is 5.06. The molecule has 130 valence electrons. The van der Waals surface area contributed by atoms with Gasteiger partial charge in [-0.25, -0.2) is 9.48 Å². The fourth-order valence-electron chi connectivity index (χ4n) is 2.16. The molecule has 0 aliphatic rings. The Labute approximate surface area is 136 Å². The molecule has 0 fully saturated rings. The number of aryl methyl sites for hydroxylation is 1. The molecule has 9 heteroatoms. The van der Waals surface area contributed by atoms with E-state index in [-0.39, 0.29) is 17.9 Å². The van der Waals surface area contributed by atoms with Crippen LogP contribution >= 0.6 is 0 Å². The van der Waals surface area contributed by atoms with Gasteiger partial charge in [0, 0.05) is 19.7 Å². The number of benzene rings is 1. The van der Waals surface area contributed by atoms with E-state index in [0.717, 1.165) is 0 Å². The third kappa shape index (κ3) is 4.90. The zero-order valence-electron chi connectivity index (χ0n) is 13.1. The average molecular weight is 342 g/mol. The van der Waals surface area contributed by atoms with E-state index in [1.54, 1.807) is 19.2 Å². The summed E-state index contributed by atoms with van der Waals surface area (Å²) in [5.74, 6) is 0.733. The van der Waals surface area contributed by atoms with Gasteiger partial charge in [-0.05, 0) is 11.1 Å². The molecule has 0 saturated carbocycles. The lowest BCUT2D eigenvalue weighted by Gasteiger charge is -2.12. The zero-order chi connectivity index (χ0) is 17.7. The van der Waals surface area contributed by atoms with E-state index in [1.165, 1.54) is 30.0 Å². The maximum Gasteiger partial charge on any atom is 0.393 e. The molecule has 0 saturated heterocycles. The first kappa shape index (κ1) is 17.6. The van der Waals surface area contributed by atoms with Crippen LogP contribution in [0.1, 0.15) is 11.1 Å². The Balaban J connectivity index is 1.96. The minimum absolute atomic E-state index is 0.0257. The van der Waals surface area contributed by atoms with E-state index in [0.29, 0.717) is 11.4 Å². The number of carbonyl (C=O) groups is 1. The highest BCUT2D eigenvalue weighted by Crippen LogP contribution is 2.23. The number of hydrogen-bond acceptors (Lipinski definition) is 3. The topological polar surface area (TPSA) is 68.2 Å². The summed E-state index contributed by atoms with van der Waals surface area (Å²) in [5, 5.41) is 9.02. The zero-order valence-corrected chi connectivity index (χ0v) is 13.1. The number of methoxy groups -OCH3 is 1. The third-order valence-corrected chi connectivity index (χ3v) is 3.24. The largest absolute Gasteiger partial charge is 0.481 e. The molecule has 0 spiro atoms. The van der Waals surface area contributed by atoms with Crippen molar-refractivity contribution in [2.75, 3.05) is 12.4 Å². The summed E-state index contributed by atoms with van der Waals surface area (Å²) in [4.78, 5) is 11.9. The molecule has 0 atom stereocenters. The maximum atomic E-state index is 12.6. The molecule has 24 heavy (non-hydrogen) atoms. The number of urea groups is 1. The normalized spacial score (nSPS) is 11.2. The number of ether oxygens (including phenoxy) is 1. The highest BCUT2D eigenvalue weighted by Gasteiger charge is 2.28. The van der Waals surface area contributed by atoms with Crippen LogP contribution in [0.5, 0.6) is 5.88 Å². The first-order valence-corrected chi connectivity index (χ1v) is 7.05. The van der Waals surface area contributed by atoms with Crippen molar-refractivity contribution in [3.63, 3.8) is 0 Å². The van der Waals surface area contributed by atoms with Gasteiger partial charge in [0.05, 0.1) is 13.5 Å². The van der Waals surface area contributed by atoms with E-state index in [2.05, 4.69) is 15.7 Å². The summed E-state index contributed by atoms with van der Waals surface area (Å²) in [6, 6.07) is 7.05. The van der Waals surface area contributed by atoms with Gasteiger partial charge in [0.15, 0.2) is 5.82 Å². The fourth-order valence-corrected chi connectivity index (χ4v) is 2.16. The molecule has 2 rings (SSSR count). The highest BCUT2D eigenvalue weighted by atomic mass is 19.4. The van der Waals surface area contributed by atoms with Crippen LogP contribution in [0.25, 0.3) is 0 Å². The lowest BCUT2D eigenvalue weighted by atomic mass is 10.0. The minimum Gasteiger partial charge on any atom is -0.481 e. The Bertz CT molecular complexity index is 713. The molecule has 0 bridgehead atoms. The van der Waals surface area contributed by atoms with Crippen molar-refractivity contribution in [3.05, 3.63) is 41.5 Å². The number of nitrogens with one attached hydrogen (secondary N) is 2. The van der Waals surface area contributed by atoms with Crippen LogP contribution in [0.4, 0.5) is 23.8 Å². The molecule has 0 aliphatic heterocycles. The van der Waals surface area contributed by atoms with Crippen molar-refractivity contribution < 1.29 is 22.7 Å². The Morgan fingerprint density at radius 2 is 1.96 bits per heavy atom. The quantitative estimate of drug-likeness (QED) is 0.878. The van der Waals surface area contributed by atoms with E-state index >= 15 is 0 Å². The summed E-state index contributed by atoms with van der Waals surface area (Å²) in [7, 11) is 3.12. The predicted molar refractivity (Wildman–Crippen MR) is 81.8 cm³/mol. The van der Waals surface area contributed by atoms with Crippen LogP contribution in [0.15, 0.2) is 30.3 Å². The molecule has 0 unspecified atom stereocenters. The van der Waals surface area contributed by atoms with Crippen LogP contribution in [0.2, 0.25) is 0 Å². The van der Waals surface area contributed by atoms with Crippen molar-refractivity contribution in [3.8, 4) is 5.88 Å². The summed E-state index contributed by atoms with van der Waals surface area (Å²) in [6.07, 6.45) is -5.34. The molecule has 1 heterocycles. The molecule has 0 aliphatic carbocycles. The van der Waals surface area contributed by atoms with Gasteiger partial charge < -0.3 is 10.1 Å². The van der Waals surface area contributed by atoms with Gasteiger partial charge in [0.1, 0.15) is 0 Å². The van der Waals surface area contributed by atoms with Crippen LogP contribution in [-0.2, 0) is 20.0 Å². The number of carbonyl (C=O) groups excluding carboxylic acids is 1. The predicted octanol–water partition coefficient (Wildman–Crippen LogP) is 2.86. The van der Waals surface area contributed by atoms with Gasteiger partial charge in [-0.15, -0.1) is 0 Å². The molecule has 2 amide bonds. The van der Waals surface area contributed by atoms with Gasteiger partial charge in [0.2, 0.25) is 5.88 Å². The Hall–Kier alpha value is -2.71. The maximum absolute atomic E-state index is 12.6. The molecular weight excluding hydrogens is 325 g/mol. The number of alkyl halides is 3. The molecule has 1 aromatic heterocycles. The molecule has 1 aromatic carbocycles. The fraction of sp³-hybridized carbons (Fsp3) is 0.333.